The summed E-state index contributed by atoms with van der Waals surface area (Å²) < 4.78 is 5.55. The van der Waals surface area contributed by atoms with E-state index in [0.717, 1.165) is 6.42 Å². The highest BCUT2D eigenvalue weighted by Crippen LogP contribution is 2.26. The maximum Gasteiger partial charge on any atom is 0.322 e. The van der Waals surface area contributed by atoms with Crippen LogP contribution in [0.1, 0.15) is 19.8 Å². The van der Waals surface area contributed by atoms with Gasteiger partial charge in [-0.05, 0) is 44.0 Å². The number of likely N-dealkylation sites (tertiary alicyclic amines) is 1. The molecule has 0 radical (unpaired) electrons. The molecule has 2 aromatic rings. The Hall–Kier alpha value is -3.02. The predicted octanol–water partition coefficient (Wildman–Crippen LogP) is 3.72. The van der Waals surface area contributed by atoms with E-state index < -0.39 is 6.04 Å². The molecular formula is C20H23N3O3. The third kappa shape index (κ3) is 4.14. The van der Waals surface area contributed by atoms with Crippen LogP contribution in [0, 0.1) is 0 Å². The van der Waals surface area contributed by atoms with Crippen LogP contribution in [0.4, 0.5) is 16.2 Å². The Morgan fingerprint density at radius 1 is 1.08 bits per heavy atom. The van der Waals surface area contributed by atoms with E-state index in [2.05, 4.69) is 10.6 Å². The number of hydrogen-bond acceptors (Lipinski definition) is 3. The summed E-state index contributed by atoms with van der Waals surface area (Å²) in [6.45, 7) is 2.97. The lowest BCUT2D eigenvalue weighted by Gasteiger charge is -2.24. The largest absolute Gasteiger partial charge is 0.492 e. The minimum Gasteiger partial charge on any atom is -0.492 e. The number of nitrogens with zero attached hydrogens (tertiary/aromatic N) is 1. The number of para-hydroxylation sites is 3. The Kier molecular flexibility index (Phi) is 5.73. The average molecular weight is 353 g/mol. The molecule has 6 nitrogen and oxygen atoms in total. The molecule has 1 fully saturated rings. The molecule has 6 heteroatoms. The van der Waals surface area contributed by atoms with Crippen molar-refractivity contribution in [1.29, 1.82) is 0 Å². The van der Waals surface area contributed by atoms with Crippen LogP contribution in [0.2, 0.25) is 0 Å². The molecule has 1 aliphatic rings. The summed E-state index contributed by atoms with van der Waals surface area (Å²) in [5, 5.41) is 5.75. The first kappa shape index (κ1) is 17.8. The van der Waals surface area contributed by atoms with Gasteiger partial charge in [-0.25, -0.2) is 4.79 Å². The normalized spacial score (nSPS) is 16.2. The SMILES string of the molecule is CCOc1ccccc1NC(=O)[C@@H]1CCCN1C(=O)Nc1ccccc1. The number of carbonyl (C=O) groups excluding carboxylic acids is 2. The van der Waals surface area contributed by atoms with Crippen LogP contribution in [0.3, 0.4) is 0 Å². The van der Waals surface area contributed by atoms with E-state index in [0.29, 0.717) is 36.7 Å². The predicted molar refractivity (Wildman–Crippen MR) is 101 cm³/mol. The maximum atomic E-state index is 12.8. The van der Waals surface area contributed by atoms with Crippen LogP contribution in [-0.4, -0.2) is 36.0 Å². The van der Waals surface area contributed by atoms with Gasteiger partial charge in [0.05, 0.1) is 12.3 Å². The number of urea groups is 1. The van der Waals surface area contributed by atoms with Crippen LogP contribution >= 0.6 is 0 Å². The number of rotatable bonds is 5. The fourth-order valence-electron chi connectivity index (χ4n) is 3.07. The van der Waals surface area contributed by atoms with Gasteiger partial charge in [0.15, 0.2) is 0 Å². The zero-order valence-electron chi connectivity index (χ0n) is 14.8. The van der Waals surface area contributed by atoms with Crippen molar-refractivity contribution in [2.24, 2.45) is 0 Å². The van der Waals surface area contributed by atoms with Crippen molar-refractivity contribution in [3.8, 4) is 5.75 Å². The van der Waals surface area contributed by atoms with Gasteiger partial charge in [0, 0.05) is 12.2 Å². The first-order valence-electron chi connectivity index (χ1n) is 8.84. The van der Waals surface area contributed by atoms with Gasteiger partial charge in [0.1, 0.15) is 11.8 Å². The average Bonchev–Trinajstić information content (AvgIpc) is 3.14. The smallest absolute Gasteiger partial charge is 0.322 e. The van der Waals surface area contributed by atoms with Gasteiger partial charge in [-0.15, -0.1) is 0 Å². The Morgan fingerprint density at radius 2 is 1.81 bits per heavy atom. The molecule has 2 aromatic carbocycles. The van der Waals surface area contributed by atoms with E-state index in [4.69, 9.17) is 4.74 Å². The van der Waals surface area contributed by atoms with Crippen molar-refractivity contribution < 1.29 is 14.3 Å². The molecular weight excluding hydrogens is 330 g/mol. The number of benzene rings is 2. The van der Waals surface area contributed by atoms with Crippen molar-refractivity contribution in [3.05, 3.63) is 54.6 Å². The van der Waals surface area contributed by atoms with E-state index in [1.54, 1.807) is 11.0 Å². The zero-order chi connectivity index (χ0) is 18.4. The van der Waals surface area contributed by atoms with Crippen LogP contribution in [0.15, 0.2) is 54.6 Å². The Bertz CT molecular complexity index is 764. The molecule has 0 spiro atoms. The summed E-state index contributed by atoms with van der Waals surface area (Å²) in [6.07, 6.45) is 1.44. The van der Waals surface area contributed by atoms with Crippen molar-refractivity contribution in [3.63, 3.8) is 0 Å². The highest BCUT2D eigenvalue weighted by molar-refractivity contribution is 6.00. The fraction of sp³-hybridized carbons (Fsp3) is 0.300. The summed E-state index contributed by atoms with van der Waals surface area (Å²) >= 11 is 0. The fourth-order valence-corrected chi connectivity index (χ4v) is 3.07. The van der Waals surface area contributed by atoms with Gasteiger partial charge in [0.2, 0.25) is 5.91 Å². The van der Waals surface area contributed by atoms with Crippen LogP contribution < -0.4 is 15.4 Å². The van der Waals surface area contributed by atoms with E-state index in [-0.39, 0.29) is 11.9 Å². The first-order chi connectivity index (χ1) is 12.7. The molecule has 1 atom stereocenters. The summed E-state index contributed by atoms with van der Waals surface area (Å²) in [7, 11) is 0. The van der Waals surface area contributed by atoms with Gasteiger partial charge in [-0.1, -0.05) is 30.3 Å². The van der Waals surface area contributed by atoms with Gasteiger partial charge < -0.3 is 20.3 Å². The van der Waals surface area contributed by atoms with Crippen molar-refractivity contribution in [1.82, 2.24) is 4.90 Å². The van der Waals surface area contributed by atoms with E-state index in [9.17, 15) is 9.59 Å². The number of hydrogen-bond donors (Lipinski definition) is 2. The number of ether oxygens (including phenoxy) is 1. The molecule has 2 N–H and O–H groups in total. The number of carbonyl (C=O) groups is 2. The second-order valence-corrected chi connectivity index (χ2v) is 6.07. The molecule has 3 amide bonds. The maximum absolute atomic E-state index is 12.8. The first-order valence-corrected chi connectivity index (χ1v) is 8.84. The lowest BCUT2D eigenvalue weighted by molar-refractivity contribution is -0.119. The van der Waals surface area contributed by atoms with E-state index in [1.165, 1.54) is 0 Å². The summed E-state index contributed by atoms with van der Waals surface area (Å²) in [5.41, 5.74) is 1.33. The monoisotopic (exact) mass is 353 g/mol. The standard InChI is InChI=1S/C20H23N3O3/c1-2-26-18-13-7-6-11-16(18)22-19(24)17-12-8-14-23(17)20(25)21-15-9-4-3-5-10-15/h3-7,9-11,13,17H,2,8,12,14H2,1H3,(H,21,25)(H,22,24)/t17-/m0/s1. The number of amides is 3. The Morgan fingerprint density at radius 3 is 2.58 bits per heavy atom. The molecule has 3 rings (SSSR count). The Labute approximate surface area is 153 Å². The molecule has 1 heterocycles. The molecule has 26 heavy (non-hydrogen) atoms. The molecule has 0 aromatic heterocycles. The lowest BCUT2D eigenvalue weighted by Crippen LogP contribution is -2.45. The van der Waals surface area contributed by atoms with Crippen LogP contribution in [-0.2, 0) is 4.79 Å². The molecule has 0 aliphatic carbocycles. The number of anilines is 2. The zero-order valence-corrected chi connectivity index (χ0v) is 14.8. The second kappa shape index (κ2) is 8.38. The van der Waals surface area contributed by atoms with Crippen LogP contribution in [0.5, 0.6) is 5.75 Å². The molecule has 136 valence electrons. The van der Waals surface area contributed by atoms with E-state index >= 15 is 0 Å². The third-order valence-corrected chi connectivity index (χ3v) is 4.29. The molecule has 1 aliphatic heterocycles. The van der Waals surface area contributed by atoms with Crippen molar-refractivity contribution in [2.75, 3.05) is 23.8 Å². The molecule has 0 unspecified atom stereocenters. The van der Waals surface area contributed by atoms with Gasteiger partial charge in [0.25, 0.3) is 0 Å². The van der Waals surface area contributed by atoms with E-state index in [1.807, 2.05) is 55.5 Å². The molecule has 1 saturated heterocycles. The Balaban J connectivity index is 1.68. The minimum absolute atomic E-state index is 0.196. The molecule has 0 bridgehead atoms. The molecule has 0 saturated carbocycles. The number of nitrogens with one attached hydrogen (secondary N) is 2. The summed E-state index contributed by atoms with van der Waals surface area (Å²) in [4.78, 5) is 26.9. The lowest BCUT2D eigenvalue weighted by atomic mass is 10.2. The van der Waals surface area contributed by atoms with Gasteiger partial charge >= 0.3 is 6.03 Å². The second-order valence-electron chi connectivity index (χ2n) is 6.07. The van der Waals surface area contributed by atoms with Gasteiger partial charge in [-0.3, -0.25) is 4.79 Å². The van der Waals surface area contributed by atoms with Crippen LogP contribution in [0.25, 0.3) is 0 Å². The summed E-state index contributed by atoms with van der Waals surface area (Å²) in [6, 6.07) is 15.8. The summed E-state index contributed by atoms with van der Waals surface area (Å²) in [5.74, 6) is 0.430. The highest BCUT2D eigenvalue weighted by Gasteiger charge is 2.34. The van der Waals surface area contributed by atoms with Gasteiger partial charge in [-0.2, -0.15) is 0 Å². The topological polar surface area (TPSA) is 70.7 Å². The van der Waals surface area contributed by atoms with Crippen molar-refractivity contribution in [2.45, 2.75) is 25.8 Å². The highest BCUT2D eigenvalue weighted by atomic mass is 16.5. The minimum atomic E-state index is -0.492. The third-order valence-electron chi connectivity index (χ3n) is 4.29. The van der Waals surface area contributed by atoms with Crippen molar-refractivity contribution >= 4 is 23.3 Å². The quantitative estimate of drug-likeness (QED) is 0.861.